The largest absolute Gasteiger partial charge is 0.355 e. The molecule has 1 rings (SSSR count). The fraction of sp³-hybridized carbons (Fsp3) is 0.286. The number of aliphatic imine (C=N–C) groups is 1. The molecule has 0 fully saturated rings. The lowest BCUT2D eigenvalue weighted by atomic mass is 10.1. The van der Waals surface area contributed by atoms with Crippen molar-refractivity contribution in [3.05, 3.63) is 48.0 Å². The van der Waals surface area contributed by atoms with Crippen LogP contribution in [-0.4, -0.2) is 32.5 Å². The molecule has 5 heteroatoms. The summed E-state index contributed by atoms with van der Waals surface area (Å²) in [5.74, 6) is 0.612. The summed E-state index contributed by atoms with van der Waals surface area (Å²) in [4.78, 5) is 15.6. The average Bonchev–Trinajstić information content (AvgIpc) is 2.47. The highest BCUT2D eigenvalue weighted by Crippen LogP contribution is 2.04. The maximum absolute atomic E-state index is 11.5. The van der Waals surface area contributed by atoms with Crippen LogP contribution in [0.1, 0.15) is 15.9 Å². The van der Waals surface area contributed by atoms with E-state index in [-0.39, 0.29) is 5.91 Å². The zero-order chi connectivity index (χ0) is 14.1. The molecule has 0 aliphatic carbocycles. The van der Waals surface area contributed by atoms with Crippen molar-refractivity contribution in [1.82, 2.24) is 16.0 Å². The molecule has 0 heterocycles. The van der Waals surface area contributed by atoms with Crippen LogP contribution in [0.5, 0.6) is 0 Å². The van der Waals surface area contributed by atoms with Gasteiger partial charge in [-0.1, -0.05) is 18.2 Å². The van der Waals surface area contributed by atoms with Gasteiger partial charge in [0.1, 0.15) is 0 Å². The Morgan fingerprint density at radius 2 is 2.21 bits per heavy atom. The lowest BCUT2D eigenvalue weighted by Gasteiger charge is -2.11. The maximum atomic E-state index is 11.5. The van der Waals surface area contributed by atoms with Crippen molar-refractivity contribution in [2.75, 3.05) is 20.6 Å². The minimum Gasteiger partial charge on any atom is -0.355 e. The van der Waals surface area contributed by atoms with Crippen LogP contribution in [0, 0.1) is 0 Å². The Kier molecular flexibility index (Phi) is 6.15. The van der Waals surface area contributed by atoms with E-state index in [0.717, 1.165) is 5.56 Å². The number of nitrogens with one attached hydrogen (secondary N) is 3. The van der Waals surface area contributed by atoms with E-state index in [9.17, 15) is 4.79 Å². The molecule has 0 aliphatic rings. The highest BCUT2D eigenvalue weighted by molar-refractivity contribution is 5.94. The molecule has 0 atom stereocenters. The average molecular weight is 260 g/mol. The predicted octanol–water partition coefficient (Wildman–Crippen LogP) is 0.897. The number of rotatable bonds is 5. The van der Waals surface area contributed by atoms with Crippen LogP contribution < -0.4 is 16.0 Å². The predicted molar refractivity (Wildman–Crippen MR) is 78.2 cm³/mol. The van der Waals surface area contributed by atoms with E-state index >= 15 is 0 Å². The van der Waals surface area contributed by atoms with Gasteiger partial charge in [-0.25, -0.2) is 0 Å². The quantitative estimate of drug-likeness (QED) is 0.418. The minimum atomic E-state index is -0.0870. The second-order valence-electron chi connectivity index (χ2n) is 3.87. The van der Waals surface area contributed by atoms with Crippen LogP contribution in [0.2, 0.25) is 0 Å². The zero-order valence-corrected chi connectivity index (χ0v) is 11.4. The molecular formula is C14H20N4O. The van der Waals surface area contributed by atoms with Gasteiger partial charge in [0.25, 0.3) is 5.91 Å². The van der Waals surface area contributed by atoms with Crippen LogP contribution in [0.25, 0.3) is 0 Å². The number of hydrogen-bond donors (Lipinski definition) is 3. The summed E-state index contributed by atoms with van der Waals surface area (Å²) in [5, 5.41) is 8.85. The zero-order valence-electron chi connectivity index (χ0n) is 11.4. The summed E-state index contributed by atoms with van der Waals surface area (Å²) in [6, 6.07) is 7.46. The third-order valence-corrected chi connectivity index (χ3v) is 2.51. The molecular weight excluding hydrogens is 240 g/mol. The summed E-state index contributed by atoms with van der Waals surface area (Å²) >= 11 is 0. The summed E-state index contributed by atoms with van der Waals surface area (Å²) < 4.78 is 0. The number of benzene rings is 1. The first kappa shape index (κ1) is 14.8. The molecule has 0 saturated carbocycles. The van der Waals surface area contributed by atoms with Gasteiger partial charge in [0.2, 0.25) is 0 Å². The van der Waals surface area contributed by atoms with Crippen LogP contribution >= 0.6 is 0 Å². The Balaban J connectivity index is 2.62. The second kappa shape index (κ2) is 7.92. The monoisotopic (exact) mass is 260 g/mol. The van der Waals surface area contributed by atoms with Crippen LogP contribution in [-0.2, 0) is 6.54 Å². The first-order chi connectivity index (χ1) is 9.21. The lowest BCUT2D eigenvalue weighted by Crippen LogP contribution is -2.36. The Hall–Kier alpha value is -2.30. The van der Waals surface area contributed by atoms with Crippen molar-refractivity contribution in [3.8, 4) is 0 Å². The number of nitrogens with zero attached hydrogens (tertiary/aromatic N) is 1. The first-order valence-electron chi connectivity index (χ1n) is 6.07. The van der Waals surface area contributed by atoms with Gasteiger partial charge in [0.15, 0.2) is 5.96 Å². The standard InChI is InChI=1S/C14H20N4O/c1-4-8-17-14(16-3)18-10-11-6-5-7-12(9-11)13(19)15-2/h4-7,9H,1,8,10H2,2-3H3,(H,15,19)(H2,16,17,18). The molecule has 0 bridgehead atoms. The molecule has 0 aliphatic heterocycles. The van der Waals surface area contributed by atoms with Gasteiger partial charge in [0.05, 0.1) is 0 Å². The SMILES string of the molecule is C=CCNC(=NC)NCc1cccc(C(=O)NC)c1. The highest BCUT2D eigenvalue weighted by atomic mass is 16.1. The summed E-state index contributed by atoms with van der Waals surface area (Å²) in [6.45, 7) is 4.89. The van der Waals surface area contributed by atoms with Crippen molar-refractivity contribution < 1.29 is 4.79 Å². The van der Waals surface area contributed by atoms with E-state index in [1.807, 2.05) is 18.2 Å². The fourth-order valence-corrected chi connectivity index (χ4v) is 1.54. The van der Waals surface area contributed by atoms with E-state index < -0.39 is 0 Å². The minimum absolute atomic E-state index is 0.0870. The molecule has 0 unspecified atom stereocenters. The van der Waals surface area contributed by atoms with E-state index in [0.29, 0.717) is 24.6 Å². The van der Waals surface area contributed by atoms with E-state index in [2.05, 4.69) is 27.5 Å². The number of carbonyl (C=O) groups excluding carboxylic acids is 1. The topological polar surface area (TPSA) is 65.5 Å². The van der Waals surface area contributed by atoms with Crippen molar-refractivity contribution in [2.45, 2.75) is 6.54 Å². The number of guanidine groups is 1. The van der Waals surface area contributed by atoms with Crippen LogP contribution in [0.3, 0.4) is 0 Å². The van der Waals surface area contributed by atoms with E-state index in [4.69, 9.17) is 0 Å². The molecule has 3 N–H and O–H groups in total. The summed E-state index contributed by atoms with van der Waals surface area (Å²) in [7, 11) is 3.33. The van der Waals surface area contributed by atoms with Gasteiger partial charge in [0, 0.05) is 32.7 Å². The van der Waals surface area contributed by atoms with Crippen LogP contribution in [0.15, 0.2) is 41.9 Å². The number of carbonyl (C=O) groups is 1. The van der Waals surface area contributed by atoms with Gasteiger partial charge in [-0.2, -0.15) is 0 Å². The molecule has 5 nitrogen and oxygen atoms in total. The third kappa shape index (κ3) is 4.83. The van der Waals surface area contributed by atoms with Crippen molar-refractivity contribution in [2.24, 2.45) is 4.99 Å². The van der Waals surface area contributed by atoms with Crippen LogP contribution in [0.4, 0.5) is 0 Å². The van der Waals surface area contributed by atoms with Crippen molar-refractivity contribution in [3.63, 3.8) is 0 Å². The highest BCUT2D eigenvalue weighted by Gasteiger charge is 2.03. The molecule has 0 radical (unpaired) electrons. The van der Waals surface area contributed by atoms with E-state index in [1.54, 1.807) is 26.2 Å². The van der Waals surface area contributed by atoms with Crippen molar-refractivity contribution >= 4 is 11.9 Å². The molecule has 0 aromatic heterocycles. The third-order valence-electron chi connectivity index (χ3n) is 2.51. The number of hydrogen-bond acceptors (Lipinski definition) is 2. The molecule has 0 saturated heterocycles. The summed E-state index contributed by atoms with van der Waals surface area (Å²) in [5.41, 5.74) is 1.67. The van der Waals surface area contributed by atoms with Gasteiger partial charge in [-0.3, -0.25) is 9.79 Å². The van der Waals surface area contributed by atoms with Gasteiger partial charge in [-0.05, 0) is 17.7 Å². The number of amides is 1. The Labute approximate surface area is 113 Å². The smallest absolute Gasteiger partial charge is 0.251 e. The first-order valence-corrected chi connectivity index (χ1v) is 6.07. The molecule has 19 heavy (non-hydrogen) atoms. The van der Waals surface area contributed by atoms with Gasteiger partial charge < -0.3 is 16.0 Å². The van der Waals surface area contributed by atoms with Gasteiger partial charge in [-0.15, -0.1) is 6.58 Å². The van der Waals surface area contributed by atoms with Crippen molar-refractivity contribution in [1.29, 1.82) is 0 Å². The molecule has 102 valence electrons. The van der Waals surface area contributed by atoms with E-state index in [1.165, 1.54) is 0 Å². The Morgan fingerprint density at radius 3 is 2.84 bits per heavy atom. The maximum Gasteiger partial charge on any atom is 0.251 e. The lowest BCUT2D eigenvalue weighted by molar-refractivity contribution is 0.0963. The Bertz CT molecular complexity index is 468. The molecule has 1 amide bonds. The molecule has 1 aromatic rings. The Morgan fingerprint density at radius 1 is 1.42 bits per heavy atom. The second-order valence-corrected chi connectivity index (χ2v) is 3.87. The fourth-order valence-electron chi connectivity index (χ4n) is 1.54. The molecule has 1 aromatic carbocycles. The summed E-state index contributed by atoms with van der Waals surface area (Å²) in [6.07, 6.45) is 1.76. The van der Waals surface area contributed by atoms with Gasteiger partial charge >= 0.3 is 0 Å². The normalized spacial score (nSPS) is 10.7. The molecule has 0 spiro atoms.